The Kier molecular flexibility index (Phi) is 3.53. The average Bonchev–Trinajstić information content (AvgIpc) is 1.78. The molecule has 0 N–H and O–H groups in total. The molecule has 0 fully saturated rings. The third-order valence-corrected chi connectivity index (χ3v) is 2.79. The Morgan fingerprint density at radius 2 is 1.67 bits per heavy atom. The van der Waals surface area contributed by atoms with Crippen LogP contribution in [0.4, 0.5) is 0 Å². The largest absolute Gasteiger partial charge is 0.272 e. The summed E-state index contributed by atoms with van der Waals surface area (Å²) in [6, 6.07) is 1.08. The molecule has 0 heterocycles. The van der Waals surface area contributed by atoms with E-state index in [1.54, 1.807) is 0 Å². The molecule has 12 heavy (non-hydrogen) atoms. The predicted molar refractivity (Wildman–Crippen MR) is 43.2 cm³/mol. The first-order valence-electron chi connectivity index (χ1n) is 2.18. The Morgan fingerprint density at radius 1 is 1.25 bits per heavy atom. The van der Waals surface area contributed by atoms with Gasteiger partial charge in [-0.2, -0.15) is 5.26 Å². The number of hydrogen-bond acceptors (Lipinski definition) is 5. The summed E-state index contributed by atoms with van der Waals surface area (Å²) in [5.41, 5.74) is 0. The van der Waals surface area contributed by atoms with Gasteiger partial charge >= 0.3 is 0 Å². The predicted octanol–water partition coefficient (Wildman–Crippen LogP) is 0.489. The molecule has 0 aliphatic carbocycles. The van der Waals surface area contributed by atoms with Crippen LogP contribution in [0.15, 0.2) is 10.3 Å². The van der Waals surface area contributed by atoms with Gasteiger partial charge in [0, 0.05) is 21.4 Å². The second-order valence-corrected chi connectivity index (χ2v) is 6.52. The van der Waals surface area contributed by atoms with Gasteiger partial charge in [0.15, 0.2) is 4.91 Å². The van der Waals surface area contributed by atoms with Gasteiger partial charge < -0.3 is 0 Å². The highest BCUT2D eigenvalue weighted by molar-refractivity contribution is 8.19. The Labute approximate surface area is 78.0 Å². The molecule has 0 rings (SSSR count). The third-order valence-electron chi connectivity index (χ3n) is 0.621. The van der Waals surface area contributed by atoms with E-state index in [9.17, 15) is 16.8 Å². The van der Waals surface area contributed by atoms with Crippen molar-refractivity contribution in [3.8, 4) is 6.07 Å². The van der Waals surface area contributed by atoms with Gasteiger partial charge in [0.05, 0.1) is 5.41 Å². The fourth-order valence-electron chi connectivity index (χ4n) is 0.266. The van der Waals surface area contributed by atoms with Crippen molar-refractivity contribution in [2.75, 3.05) is 0 Å². The number of halogens is 2. The number of hydrogen-bond donors (Lipinski definition) is 0. The molecule has 0 unspecified atom stereocenters. The molecule has 0 atom stereocenters. The number of nitrogens with zero attached hydrogens (tertiary/aromatic N) is 1. The first-order chi connectivity index (χ1) is 5.17. The highest BCUT2D eigenvalue weighted by Gasteiger charge is 2.16. The minimum absolute atomic E-state index is 0.0664. The number of nitriles is 1. The summed E-state index contributed by atoms with van der Waals surface area (Å²) in [5, 5.41) is 8.19. The van der Waals surface area contributed by atoms with E-state index in [1.165, 1.54) is 0 Å². The van der Waals surface area contributed by atoms with E-state index in [1.807, 2.05) is 0 Å². The second kappa shape index (κ2) is 3.62. The van der Waals surface area contributed by atoms with Crippen LogP contribution in [0.5, 0.6) is 0 Å². The molecule has 0 radical (unpaired) electrons. The van der Waals surface area contributed by atoms with Crippen molar-refractivity contribution < 1.29 is 16.8 Å². The van der Waals surface area contributed by atoms with E-state index in [2.05, 4.69) is 21.4 Å². The summed E-state index contributed by atoms with van der Waals surface area (Å²) in [6.45, 7) is 0. The van der Waals surface area contributed by atoms with E-state index in [0.29, 0.717) is 0 Å². The van der Waals surface area contributed by atoms with Gasteiger partial charge in [-0.3, -0.25) is 0 Å². The molecular formula is C3HCl2NO4S2. The van der Waals surface area contributed by atoms with E-state index < -0.39 is 23.0 Å². The van der Waals surface area contributed by atoms with E-state index in [4.69, 9.17) is 5.26 Å². The first-order valence-corrected chi connectivity index (χ1v) is 6.86. The number of allylic oxidation sites excluding steroid dienone is 1. The molecule has 0 saturated carbocycles. The summed E-state index contributed by atoms with van der Waals surface area (Å²) in [6.07, 6.45) is 0. The van der Waals surface area contributed by atoms with Crippen molar-refractivity contribution >= 4 is 39.5 Å². The van der Waals surface area contributed by atoms with Gasteiger partial charge in [-0.1, -0.05) is 0 Å². The minimum atomic E-state index is -4.34. The van der Waals surface area contributed by atoms with Crippen LogP contribution in [0.1, 0.15) is 0 Å². The number of rotatable bonds is 2. The maximum Gasteiger partial charge on any atom is 0.272 e. The summed E-state index contributed by atoms with van der Waals surface area (Å²) in [7, 11) is 0.764. The van der Waals surface area contributed by atoms with Crippen LogP contribution in [0.3, 0.4) is 0 Å². The van der Waals surface area contributed by atoms with Crippen LogP contribution in [0.25, 0.3) is 0 Å². The lowest BCUT2D eigenvalue weighted by Gasteiger charge is -1.88. The van der Waals surface area contributed by atoms with E-state index in [0.717, 1.165) is 6.07 Å². The average molecular weight is 250 g/mol. The maximum absolute atomic E-state index is 10.4. The molecule has 9 heteroatoms. The second-order valence-electron chi connectivity index (χ2n) is 1.51. The quantitative estimate of drug-likeness (QED) is 0.525. The van der Waals surface area contributed by atoms with Crippen LogP contribution < -0.4 is 0 Å². The summed E-state index contributed by atoms with van der Waals surface area (Å²) in [4.78, 5) is -1.11. The summed E-state index contributed by atoms with van der Waals surface area (Å²) < 4.78 is 41.3. The molecule has 5 nitrogen and oxygen atoms in total. The SMILES string of the molecule is N#C/C(=C\S(=O)(=O)Cl)S(=O)(=O)Cl. The van der Waals surface area contributed by atoms with Crippen LogP contribution in [0.2, 0.25) is 0 Å². The van der Waals surface area contributed by atoms with E-state index >= 15 is 0 Å². The lowest BCUT2D eigenvalue weighted by atomic mass is 10.7. The van der Waals surface area contributed by atoms with Gasteiger partial charge in [-0.05, 0) is 0 Å². The van der Waals surface area contributed by atoms with Crippen molar-refractivity contribution in [1.29, 1.82) is 5.26 Å². The fourth-order valence-corrected chi connectivity index (χ4v) is 2.38. The van der Waals surface area contributed by atoms with Crippen molar-refractivity contribution in [3.05, 3.63) is 10.3 Å². The Bertz CT molecular complexity index is 439. The van der Waals surface area contributed by atoms with Crippen molar-refractivity contribution in [3.63, 3.8) is 0 Å². The highest BCUT2D eigenvalue weighted by atomic mass is 35.7. The zero-order valence-corrected chi connectivity index (χ0v) is 8.37. The van der Waals surface area contributed by atoms with Crippen LogP contribution in [-0.4, -0.2) is 16.8 Å². The molecule has 0 aromatic heterocycles. The van der Waals surface area contributed by atoms with Crippen LogP contribution in [-0.2, 0) is 18.1 Å². The highest BCUT2D eigenvalue weighted by Crippen LogP contribution is 2.14. The van der Waals surface area contributed by atoms with Crippen molar-refractivity contribution in [1.82, 2.24) is 0 Å². The standard InChI is InChI=1S/C3HCl2NO4S2/c4-11(7,8)2-3(1-6)12(5,9)10/h2H/b3-2+. The Balaban J connectivity index is 5.44. The molecular weight excluding hydrogens is 249 g/mol. The molecule has 0 aromatic rings. The van der Waals surface area contributed by atoms with Gasteiger partial charge in [-0.15, -0.1) is 0 Å². The normalized spacial score (nSPS) is 13.9. The van der Waals surface area contributed by atoms with Gasteiger partial charge in [0.1, 0.15) is 6.07 Å². The zero-order valence-electron chi connectivity index (χ0n) is 5.23. The lowest BCUT2D eigenvalue weighted by molar-refractivity contribution is 0.612. The smallest absolute Gasteiger partial charge is 0.207 e. The zero-order chi connectivity index (χ0) is 9.99. The van der Waals surface area contributed by atoms with Gasteiger partial charge in [0.25, 0.3) is 18.1 Å². The first kappa shape index (κ1) is 11.7. The molecule has 68 valence electrons. The van der Waals surface area contributed by atoms with E-state index in [-0.39, 0.29) is 5.41 Å². The maximum atomic E-state index is 10.4. The summed E-state index contributed by atoms with van der Waals surface area (Å²) in [5.74, 6) is 0. The van der Waals surface area contributed by atoms with Crippen molar-refractivity contribution in [2.24, 2.45) is 0 Å². The van der Waals surface area contributed by atoms with Crippen molar-refractivity contribution in [2.45, 2.75) is 0 Å². The molecule has 0 aliphatic rings. The van der Waals surface area contributed by atoms with Crippen LogP contribution in [0, 0.1) is 11.3 Å². The molecule has 0 spiro atoms. The molecule has 0 saturated heterocycles. The molecule has 0 amide bonds. The fraction of sp³-hybridized carbons (Fsp3) is 0. The monoisotopic (exact) mass is 249 g/mol. The Hall–Kier alpha value is -0.290. The van der Waals surface area contributed by atoms with Crippen LogP contribution >= 0.6 is 21.4 Å². The molecule has 0 aromatic carbocycles. The lowest BCUT2D eigenvalue weighted by Crippen LogP contribution is -1.94. The Morgan fingerprint density at radius 3 is 1.75 bits per heavy atom. The van der Waals surface area contributed by atoms with Gasteiger partial charge in [0.2, 0.25) is 0 Å². The van der Waals surface area contributed by atoms with Gasteiger partial charge in [-0.25, -0.2) is 16.8 Å². The topological polar surface area (TPSA) is 92.1 Å². The minimum Gasteiger partial charge on any atom is -0.207 e. The molecule has 0 aliphatic heterocycles. The third kappa shape index (κ3) is 4.56. The summed E-state index contributed by atoms with van der Waals surface area (Å²) >= 11 is 0. The molecule has 0 bridgehead atoms.